The number of nitrogen functional groups attached to an aromatic ring is 1. The highest BCUT2D eigenvalue weighted by Gasteiger charge is 2.05. The lowest BCUT2D eigenvalue weighted by Crippen LogP contribution is -2.10. The number of rotatable bonds is 6. The van der Waals surface area contributed by atoms with Crippen LogP contribution in [0.3, 0.4) is 0 Å². The highest BCUT2D eigenvalue weighted by molar-refractivity contribution is 5.69. The van der Waals surface area contributed by atoms with Gasteiger partial charge in [-0.3, -0.25) is 0 Å². The van der Waals surface area contributed by atoms with E-state index in [9.17, 15) is 4.79 Å². The van der Waals surface area contributed by atoms with Crippen molar-refractivity contribution in [3.8, 4) is 11.5 Å². The Morgan fingerprint density at radius 1 is 1.10 bits per heavy atom. The van der Waals surface area contributed by atoms with Gasteiger partial charge in [-0.25, -0.2) is 4.79 Å². The minimum absolute atomic E-state index is 0.333. The van der Waals surface area contributed by atoms with Gasteiger partial charge in [-0.2, -0.15) is 0 Å². The number of anilines is 1. The van der Waals surface area contributed by atoms with Gasteiger partial charge in [-0.05, 0) is 17.7 Å². The van der Waals surface area contributed by atoms with Crippen LogP contribution >= 0.6 is 0 Å². The number of carbonyl (C=O) groups is 1. The molecule has 0 heterocycles. The van der Waals surface area contributed by atoms with Gasteiger partial charge in [-0.1, -0.05) is 30.3 Å². The molecule has 5 nitrogen and oxygen atoms in total. The summed E-state index contributed by atoms with van der Waals surface area (Å²) in [5, 5.41) is 8.54. The lowest BCUT2D eigenvalue weighted by Gasteiger charge is -2.10. The molecule has 0 amide bonds. The third kappa shape index (κ3) is 3.91. The third-order valence-corrected chi connectivity index (χ3v) is 2.58. The molecule has 0 radical (unpaired) electrons. The Morgan fingerprint density at radius 3 is 2.50 bits per heavy atom. The first-order valence-electron chi connectivity index (χ1n) is 6.06. The summed E-state index contributed by atoms with van der Waals surface area (Å²) in [6.07, 6.45) is 0. The molecular formula is C15H15NO4. The van der Waals surface area contributed by atoms with E-state index < -0.39 is 12.6 Å². The molecular weight excluding hydrogens is 258 g/mol. The number of hydrogen-bond donors (Lipinski definition) is 2. The van der Waals surface area contributed by atoms with Crippen LogP contribution in [0.2, 0.25) is 0 Å². The Hall–Kier alpha value is -2.69. The average Bonchev–Trinajstić information content (AvgIpc) is 2.45. The summed E-state index contributed by atoms with van der Waals surface area (Å²) in [5.41, 5.74) is 7.18. The van der Waals surface area contributed by atoms with Gasteiger partial charge >= 0.3 is 5.97 Å². The highest BCUT2D eigenvalue weighted by Crippen LogP contribution is 2.26. The molecule has 0 atom stereocenters. The number of benzene rings is 2. The molecule has 2 rings (SSSR count). The Morgan fingerprint density at radius 2 is 1.85 bits per heavy atom. The van der Waals surface area contributed by atoms with Crippen molar-refractivity contribution in [2.75, 3.05) is 12.3 Å². The first kappa shape index (κ1) is 13.7. The Kier molecular flexibility index (Phi) is 4.44. The van der Waals surface area contributed by atoms with Crippen molar-refractivity contribution >= 4 is 11.7 Å². The molecule has 0 aliphatic carbocycles. The van der Waals surface area contributed by atoms with Crippen LogP contribution in [0.1, 0.15) is 5.56 Å². The van der Waals surface area contributed by atoms with E-state index in [2.05, 4.69) is 0 Å². The van der Waals surface area contributed by atoms with E-state index in [0.29, 0.717) is 23.8 Å². The van der Waals surface area contributed by atoms with Crippen molar-refractivity contribution < 1.29 is 19.4 Å². The number of hydrogen-bond acceptors (Lipinski definition) is 4. The van der Waals surface area contributed by atoms with Gasteiger partial charge < -0.3 is 20.3 Å². The molecule has 2 aromatic rings. The van der Waals surface area contributed by atoms with Crippen molar-refractivity contribution in [1.82, 2.24) is 0 Å². The van der Waals surface area contributed by atoms with E-state index in [1.165, 1.54) is 0 Å². The predicted octanol–water partition coefficient (Wildman–Crippen LogP) is 2.31. The quantitative estimate of drug-likeness (QED) is 0.789. The Balaban J connectivity index is 1.96. The number of nitrogens with two attached hydrogens (primary N) is 1. The fourth-order valence-corrected chi connectivity index (χ4v) is 1.63. The summed E-state index contributed by atoms with van der Waals surface area (Å²) in [5.74, 6) is -0.109. The smallest absolute Gasteiger partial charge is 0.341 e. The van der Waals surface area contributed by atoms with Gasteiger partial charge in [0.05, 0.1) is 5.69 Å². The molecule has 0 saturated heterocycles. The van der Waals surface area contributed by atoms with Crippen LogP contribution in [-0.2, 0) is 11.4 Å². The van der Waals surface area contributed by atoms with E-state index in [4.69, 9.17) is 20.3 Å². The first-order valence-corrected chi connectivity index (χ1v) is 6.06. The molecule has 0 aliphatic rings. The molecule has 5 heteroatoms. The van der Waals surface area contributed by atoms with Gasteiger partial charge in [0, 0.05) is 6.07 Å². The SMILES string of the molecule is Nc1cc(OCc2ccccc2)ccc1OCC(=O)O. The second kappa shape index (κ2) is 6.47. The van der Waals surface area contributed by atoms with Crippen LogP contribution in [0, 0.1) is 0 Å². The van der Waals surface area contributed by atoms with Crippen molar-refractivity contribution in [2.45, 2.75) is 6.61 Å². The van der Waals surface area contributed by atoms with E-state index >= 15 is 0 Å². The molecule has 0 aliphatic heterocycles. The lowest BCUT2D eigenvalue weighted by atomic mass is 10.2. The maximum atomic E-state index is 10.4. The highest BCUT2D eigenvalue weighted by atomic mass is 16.5. The van der Waals surface area contributed by atoms with E-state index in [-0.39, 0.29) is 0 Å². The minimum Gasteiger partial charge on any atom is -0.489 e. The van der Waals surface area contributed by atoms with Crippen molar-refractivity contribution in [1.29, 1.82) is 0 Å². The second-order valence-electron chi connectivity index (χ2n) is 4.16. The normalized spacial score (nSPS) is 10.0. The fourth-order valence-electron chi connectivity index (χ4n) is 1.63. The van der Waals surface area contributed by atoms with Crippen molar-refractivity contribution in [2.24, 2.45) is 0 Å². The molecule has 0 fully saturated rings. The number of carboxylic acid groups (broad SMARTS) is 1. The van der Waals surface area contributed by atoms with Crippen molar-refractivity contribution in [3.63, 3.8) is 0 Å². The van der Waals surface area contributed by atoms with Crippen molar-refractivity contribution in [3.05, 3.63) is 54.1 Å². The zero-order chi connectivity index (χ0) is 14.4. The summed E-state index contributed by atoms with van der Waals surface area (Å²) in [4.78, 5) is 10.4. The second-order valence-corrected chi connectivity index (χ2v) is 4.16. The number of ether oxygens (including phenoxy) is 2. The molecule has 0 aromatic heterocycles. The summed E-state index contributed by atoms with van der Waals surface area (Å²) in [6.45, 7) is 0.0179. The average molecular weight is 273 g/mol. The predicted molar refractivity (Wildman–Crippen MR) is 74.8 cm³/mol. The zero-order valence-electron chi connectivity index (χ0n) is 10.8. The van der Waals surface area contributed by atoms with Gasteiger partial charge in [0.15, 0.2) is 6.61 Å². The molecule has 104 valence electrons. The molecule has 0 spiro atoms. The number of carboxylic acids is 1. The van der Waals surface area contributed by atoms with Crippen LogP contribution in [-0.4, -0.2) is 17.7 Å². The van der Waals surface area contributed by atoms with Crippen LogP contribution < -0.4 is 15.2 Å². The van der Waals surface area contributed by atoms with Gasteiger partial charge in [0.2, 0.25) is 0 Å². The molecule has 2 aromatic carbocycles. The molecule has 0 bridgehead atoms. The maximum absolute atomic E-state index is 10.4. The topological polar surface area (TPSA) is 81.8 Å². The standard InChI is InChI=1S/C15H15NO4/c16-13-8-12(6-7-14(13)20-10-15(17)18)19-9-11-4-2-1-3-5-11/h1-8H,9-10,16H2,(H,17,18). The summed E-state index contributed by atoms with van der Waals surface area (Å²) < 4.78 is 10.6. The Bertz CT molecular complexity index is 584. The minimum atomic E-state index is -1.05. The first-order chi connectivity index (χ1) is 9.65. The van der Waals surface area contributed by atoms with E-state index in [1.807, 2.05) is 30.3 Å². The summed E-state index contributed by atoms with van der Waals surface area (Å²) >= 11 is 0. The van der Waals surface area contributed by atoms with Crippen LogP contribution in [0.4, 0.5) is 5.69 Å². The largest absolute Gasteiger partial charge is 0.489 e. The monoisotopic (exact) mass is 273 g/mol. The maximum Gasteiger partial charge on any atom is 0.341 e. The fraction of sp³-hybridized carbons (Fsp3) is 0.133. The van der Waals surface area contributed by atoms with Gasteiger partial charge in [0.25, 0.3) is 0 Å². The van der Waals surface area contributed by atoms with Crippen LogP contribution in [0.25, 0.3) is 0 Å². The third-order valence-electron chi connectivity index (χ3n) is 2.58. The van der Waals surface area contributed by atoms with Crippen LogP contribution in [0.5, 0.6) is 11.5 Å². The number of aliphatic carboxylic acids is 1. The molecule has 3 N–H and O–H groups in total. The summed E-state index contributed by atoms with van der Waals surface area (Å²) in [6, 6.07) is 14.7. The molecule has 0 saturated carbocycles. The molecule has 0 unspecified atom stereocenters. The molecule has 20 heavy (non-hydrogen) atoms. The lowest BCUT2D eigenvalue weighted by molar-refractivity contribution is -0.139. The van der Waals surface area contributed by atoms with Gasteiger partial charge in [0.1, 0.15) is 18.1 Å². The van der Waals surface area contributed by atoms with E-state index in [0.717, 1.165) is 5.56 Å². The summed E-state index contributed by atoms with van der Waals surface area (Å²) in [7, 11) is 0. The van der Waals surface area contributed by atoms with E-state index in [1.54, 1.807) is 18.2 Å². The zero-order valence-corrected chi connectivity index (χ0v) is 10.8. The van der Waals surface area contributed by atoms with Gasteiger partial charge in [-0.15, -0.1) is 0 Å². The Labute approximate surface area is 116 Å². The van der Waals surface area contributed by atoms with Crippen LogP contribution in [0.15, 0.2) is 48.5 Å².